The molecular weight excluding hydrogens is 255 g/mol. The van der Waals surface area contributed by atoms with Gasteiger partial charge in [0.05, 0.1) is 11.6 Å². The highest BCUT2D eigenvalue weighted by molar-refractivity contribution is 5.35. The summed E-state index contributed by atoms with van der Waals surface area (Å²) in [6, 6.07) is 13.6. The zero-order chi connectivity index (χ0) is 14.4. The fourth-order valence-corrected chi connectivity index (χ4v) is 1.88. The summed E-state index contributed by atoms with van der Waals surface area (Å²) < 4.78 is 18.9. The van der Waals surface area contributed by atoms with Crippen molar-refractivity contribution in [1.82, 2.24) is 0 Å². The molecule has 0 bridgehead atoms. The molecule has 0 radical (unpaired) electrons. The highest BCUT2D eigenvalue weighted by Crippen LogP contribution is 2.21. The Morgan fingerprint density at radius 1 is 1.15 bits per heavy atom. The van der Waals surface area contributed by atoms with E-state index in [1.165, 1.54) is 12.1 Å². The van der Waals surface area contributed by atoms with E-state index in [4.69, 9.17) is 15.7 Å². The van der Waals surface area contributed by atoms with E-state index >= 15 is 0 Å². The Kier molecular flexibility index (Phi) is 4.70. The fraction of sp³-hybridized carbons (Fsp3) is 0.188. The van der Waals surface area contributed by atoms with Crippen LogP contribution in [-0.4, -0.2) is 6.54 Å². The summed E-state index contributed by atoms with van der Waals surface area (Å²) in [7, 11) is 0. The minimum Gasteiger partial charge on any atom is -0.489 e. The lowest BCUT2D eigenvalue weighted by Crippen LogP contribution is -2.06. The van der Waals surface area contributed by atoms with E-state index in [1.807, 2.05) is 12.1 Å². The SMILES string of the molecule is N#Cc1ccc(COc2ccc(F)cc2CCN)cc1. The van der Waals surface area contributed by atoms with Crippen molar-refractivity contribution in [2.75, 3.05) is 6.54 Å². The van der Waals surface area contributed by atoms with Crippen LogP contribution in [0.4, 0.5) is 4.39 Å². The second-order valence-corrected chi connectivity index (χ2v) is 4.39. The molecular formula is C16H15FN2O. The average Bonchev–Trinajstić information content (AvgIpc) is 2.47. The molecule has 0 aromatic heterocycles. The predicted octanol–water partition coefficient (Wildman–Crippen LogP) is 2.78. The highest BCUT2D eigenvalue weighted by Gasteiger charge is 2.05. The molecule has 0 spiro atoms. The van der Waals surface area contributed by atoms with Gasteiger partial charge in [0.15, 0.2) is 0 Å². The van der Waals surface area contributed by atoms with Crippen LogP contribution in [0, 0.1) is 17.1 Å². The van der Waals surface area contributed by atoms with E-state index < -0.39 is 0 Å². The third-order valence-corrected chi connectivity index (χ3v) is 2.91. The number of hydrogen-bond acceptors (Lipinski definition) is 3. The van der Waals surface area contributed by atoms with Gasteiger partial charge in [-0.15, -0.1) is 0 Å². The Balaban J connectivity index is 2.08. The van der Waals surface area contributed by atoms with Crippen LogP contribution in [0.1, 0.15) is 16.7 Å². The van der Waals surface area contributed by atoms with Crippen molar-refractivity contribution in [3.63, 3.8) is 0 Å². The van der Waals surface area contributed by atoms with Gasteiger partial charge in [0, 0.05) is 0 Å². The van der Waals surface area contributed by atoms with Crippen molar-refractivity contribution in [2.24, 2.45) is 5.73 Å². The lowest BCUT2D eigenvalue weighted by Gasteiger charge is -2.11. The molecule has 2 aromatic carbocycles. The number of halogens is 1. The van der Waals surface area contributed by atoms with E-state index in [2.05, 4.69) is 6.07 Å². The standard InChI is InChI=1S/C16H15FN2O/c17-15-5-6-16(14(9-15)7-8-18)20-11-13-3-1-12(10-19)2-4-13/h1-6,9H,7-8,11,18H2. The number of nitriles is 1. The van der Waals surface area contributed by atoms with E-state index in [0.717, 1.165) is 11.1 Å². The van der Waals surface area contributed by atoms with E-state index in [0.29, 0.717) is 30.9 Å². The largest absolute Gasteiger partial charge is 0.489 e. The molecule has 4 heteroatoms. The van der Waals surface area contributed by atoms with Gasteiger partial charge in [0.1, 0.15) is 18.2 Å². The van der Waals surface area contributed by atoms with Gasteiger partial charge in [-0.05, 0) is 54.4 Å². The minimum atomic E-state index is -0.292. The Bertz CT molecular complexity index is 617. The first-order valence-corrected chi connectivity index (χ1v) is 6.33. The summed E-state index contributed by atoms with van der Waals surface area (Å²) in [6.07, 6.45) is 0.570. The number of hydrogen-bond donors (Lipinski definition) is 1. The number of rotatable bonds is 5. The molecule has 0 amide bonds. The van der Waals surface area contributed by atoms with E-state index in [9.17, 15) is 4.39 Å². The van der Waals surface area contributed by atoms with Crippen molar-refractivity contribution < 1.29 is 9.13 Å². The zero-order valence-corrected chi connectivity index (χ0v) is 11.0. The molecule has 2 aromatic rings. The Labute approximate surface area is 117 Å². The van der Waals surface area contributed by atoms with Crippen LogP contribution in [0.25, 0.3) is 0 Å². The van der Waals surface area contributed by atoms with Crippen molar-refractivity contribution in [2.45, 2.75) is 13.0 Å². The van der Waals surface area contributed by atoms with Gasteiger partial charge in [-0.2, -0.15) is 5.26 Å². The Morgan fingerprint density at radius 3 is 2.55 bits per heavy atom. The Morgan fingerprint density at radius 2 is 1.90 bits per heavy atom. The molecule has 0 aliphatic heterocycles. The summed E-state index contributed by atoms with van der Waals surface area (Å²) in [6.45, 7) is 0.811. The molecule has 0 aliphatic carbocycles. The molecule has 0 unspecified atom stereocenters. The van der Waals surface area contributed by atoms with Gasteiger partial charge in [0.25, 0.3) is 0 Å². The van der Waals surface area contributed by atoms with Gasteiger partial charge in [-0.3, -0.25) is 0 Å². The van der Waals surface area contributed by atoms with Crippen LogP contribution >= 0.6 is 0 Å². The first kappa shape index (κ1) is 14.0. The van der Waals surface area contributed by atoms with Gasteiger partial charge in [-0.25, -0.2) is 4.39 Å². The zero-order valence-electron chi connectivity index (χ0n) is 11.0. The summed E-state index contributed by atoms with van der Waals surface area (Å²) in [5.74, 6) is 0.348. The van der Waals surface area contributed by atoms with Crippen LogP contribution in [0.2, 0.25) is 0 Å². The third-order valence-electron chi connectivity index (χ3n) is 2.91. The normalized spacial score (nSPS) is 10.1. The molecule has 102 valence electrons. The van der Waals surface area contributed by atoms with Gasteiger partial charge >= 0.3 is 0 Å². The maximum absolute atomic E-state index is 13.2. The van der Waals surface area contributed by atoms with Crippen molar-refractivity contribution >= 4 is 0 Å². The molecule has 0 saturated heterocycles. The number of nitrogens with zero attached hydrogens (tertiary/aromatic N) is 1. The summed E-state index contributed by atoms with van der Waals surface area (Å²) >= 11 is 0. The number of nitrogens with two attached hydrogens (primary N) is 1. The lowest BCUT2D eigenvalue weighted by atomic mass is 10.1. The predicted molar refractivity (Wildman–Crippen MR) is 74.6 cm³/mol. The monoisotopic (exact) mass is 270 g/mol. The van der Waals surface area contributed by atoms with Gasteiger partial charge in [0.2, 0.25) is 0 Å². The fourth-order valence-electron chi connectivity index (χ4n) is 1.88. The smallest absolute Gasteiger partial charge is 0.123 e. The molecule has 0 aliphatic rings. The summed E-state index contributed by atoms with van der Waals surface area (Å²) in [5, 5.41) is 8.73. The maximum atomic E-state index is 13.2. The molecule has 20 heavy (non-hydrogen) atoms. The number of benzene rings is 2. The van der Waals surface area contributed by atoms with Gasteiger partial charge in [-0.1, -0.05) is 12.1 Å². The molecule has 2 rings (SSSR count). The van der Waals surface area contributed by atoms with E-state index in [1.54, 1.807) is 18.2 Å². The second kappa shape index (κ2) is 6.69. The quantitative estimate of drug-likeness (QED) is 0.908. The van der Waals surface area contributed by atoms with Crippen molar-refractivity contribution in [3.8, 4) is 11.8 Å². The van der Waals surface area contributed by atoms with Crippen molar-refractivity contribution in [1.29, 1.82) is 5.26 Å². The summed E-state index contributed by atoms with van der Waals surface area (Å²) in [5.41, 5.74) is 7.84. The minimum absolute atomic E-state index is 0.292. The molecule has 0 fully saturated rings. The highest BCUT2D eigenvalue weighted by atomic mass is 19.1. The molecule has 0 heterocycles. The second-order valence-electron chi connectivity index (χ2n) is 4.39. The summed E-state index contributed by atoms with van der Waals surface area (Å²) in [4.78, 5) is 0. The number of ether oxygens (including phenoxy) is 1. The third kappa shape index (κ3) is 3.56. The van der Waals surface area contributed by atoms with Crippen LogP contribution in [0.5, 0.6) is 5.75 Å². The molecule has 3 nitrogen and oxygen atoms in total. The van der Waals surface area contributed by atoms with Crippen molar-refractivity contribution in [3.05, 3.63) is 65.0 Å². The first-order chi connectivity index (χ1) is 9.72. The lowest BCUT2D eigenvalue weighted by molar-refractivity contribution is 0.302. The topological polar surface area (TPSA) is 59.0 Å². The molecule has 0 saturated carbocycles. The van der Waals surface area contributed by atoms with Gasteiger partial charge < -0.3 is 10.5 Å². The van der Waals surface area contributed by atoms with E-state index in [-0.39, 0.29) is 5.82 Å². The van der Waals surface area contributed by atoms with Crippen LogP contribution in [0.3, 0.4) is 0 Å². The molecule has 0 atom stereocenters. The van der Waals surface area contributed by atoms with Crippen LogP contribution in [0.15, 0.2) is 42.5 Å². The first-order valence-electron chi connectivity index (χ1n) is 6.33. The Hall–Kier alpha value is -2.38. The molecule has 2 N–H and O–H groups in total. The maximum Gasteiger partial charge on any atom is 0.123 e. The van der Waals surface area contributed by atoms with Crippen LogP contribution < -0.4 is 10.5 Å². The van der Waals surface area contributed by atoms with Crippen LogP contribution in [-0.2, 0) is 13.0 Å². The average molecular weight is 270 g/mol.